The molecule has 1 aliphatic heterocycles. The maximum atomic E-state index is 12.1. The molecule has 0 atom stereocenters. The molecule has 0 bridgehead atoms. The van der Waals surface area contributed by atoms with E-state index in [2.05, 4.69) is 0 Å². The van der Waals surface area contributed by atoms with Crippen molar-refractivity contribution in [1.29, 1.82) is 0 Å². The Labute approximate surface area is 138 Å². The largest absolute Gasteiger partial charge is 0.457 e. The minimum absolute atomic E-state index is 0.106. The first-order valence-corrected chi connectivity index (χ1v) is 7.38. The molecule has 3 rings (SSSR count). The third-order valence-corrected chi connectivity index (χ3v) is 3.64. The van der Waals surface area contributed by atoms with Crippen LogP contribution in [0, 0.1) is 0 Å². The number of hydrogen-bond donors (Lipinski definition) is 0. The van der Waals surface area contributed by atoms with Crippen LogP contribution in [0.4, 0.5) is 0 Å². The Morgan fingerprint density at radius 1 is 1.13 bits per heavy atom. The van der Waals surface area contributed by atoms with Crippen LogP contribution in [0.1, 0.15) is 21.5 Å². The molecule has 0 saturated carbocycles. The lowest BCUT2D eigenvalue weighted by molar-refractivity contribution is 0.0472. The number of hydrogen-bond acceptors (Lipinski definition) is 5. The fourth-order valence-corrected chi connectivity index (χ4v) is 2.53. The van der Waals surface area contributed by atoms with Crippen molar-refractivity contribution in [3.63, 3.8) is 0 Å². The highest BCUT2D eigenvalue weighted by Gasteiger charge is 2.18. The second-order valence-corrected chi connectivity index (χ2v) is 5.42. The summed E-state index contributed by atoms with van der Waals surface area (Å²) in [5, 5.41) is 0.440. The van der Waals surface area contributed by atoms with Gasteiger partial charge in [-0.15, -0.1) is 0 Å². The quantitative estimate of drug-likeness (QED) is 0.782. The van der Waals surface area contributed by atoms with Crippen LogP contribution in [-0.2, 0) is 22.7 Å². The average molecular weight is 335 g/mol. The van der Waals surface area contributed by atoms with Crippen molar-refractivity contribution in [1.82, 2.24) is 0 Å². The molecular weight excluding hydrogens is 320 g/mol. The monoisotopic (exact) mass is 334 g/mol. The first-order chi connectivity index (χ1) is 11.2. The second-order valence-electron chi connectivity index (χ2n) is 5.02. The van der Waals surface area contributed by atoms with Crippen molar-refractivity contribution in [3.05, 3.63) is 58.1 Å². The second kappa shape index (κ2) is 6.89. The average Bonchev–Trinajstić information content (AvgIpc) is 3.03. The van der Waals surface area contributed by atoms with E-state index in [1.165, 1.54) is 0 Å². The SMILES string of the molecule is COCc1ccc(C(=O)OCc2cc(Cl)c3c(c2)OCO3)cc1. The summed E-state index contributed by atoms with van der Waals surface area (Å²) in [5.74, 6) is 0.686. The van der Waals surface area contributed by atoms with Crippen LogP contribution in [0.5, 0.6) is 11.5 Å². The van der Waals surface area contributed by atoms with Crippen LogP contribution in [0.2, 0.25) is 5.02 Å². The molecule has 120 valence electrons. The lowest BCUT2D eigenvalue weighted by atomic mass is 10.1. The zero-order valence-corrected chi connectivity index (χ0v) is 13.3. The summed E-state index contributed by atoms with van der Waals surface area (Å²) >= 11 is 6.10. The predicted octanol–water partition coefficient (Wildman–Crippen LogP) is 3.57. The van der Waals surface area contributed by atoms with Crippen LogP contribution < -0.4 is 9.47 Å². The van der Waals surface area contributed by atoms with Gasteiger partial charge in [-0.1, -0.05) is 23.7 Å². The molecule has 0 spiro atoms. The Morgan fingerprint density at radius 2 is 1.91 bits per heavy atom. The van der Waals surface area contributed by atoms with E-state index in [-0.39, 0.29) is 13.4 Å². The van der Waals surface area contributed by atoms with Crippen LogP contribution in [0.25, 0.3) is 0 Å². The smallest absolute Gasteiger partial charge is 0.338 e. The highest BCUT2D eigenvalue weighted by atomic mass is 35.5. The van der Waals surface area contributed by atoms with Gasteiger partial charge in [0, 0.05) is 7.11 Å². The Kier molecular flexibility index (Phi) is 4.69. The van der Waals surface area contributed by atoms with Gasteiger partial charge in [0.05, 0.1) is 17.2 Å². The Hall–Kier alpha value is -2.24. The van der Waals surface area contributed by atoms with E-state index in [0.29, 0.717) is 28.7 Å². The van der Waals surface area contributed by atoms with Crippen LogP contribution >= 0.6 is 11.6 Å². The number of benzene rings is 2. The molecule has 2 aromatic rings. The van der Waals surface area contributed by atoms with Gasteiger partial charge in [-0.05, 0) is 35.4 Å². The van der Waals surface area contributed by atoms with E-state index in [9.17, 15) is 4.79 Å². The Balaban J connectivity index is 1.64. The number of carbonyl (C=O) groups excluding carboxylic acids is 1. The van der Waals surface area contributed by atoms with Gasteiger partial charge in [0.2, 0.25) is 6.79 Å². The van der Waals surface area contributed by atoms with Gasteiger partial charge in [0.25, 0.3) is 0 Å². The standard InChI is InChI=1S/C17H15ClO5/c1-20-8-11-2-4-13(5-3-11)17(19)21-9-12-6-14(18)16-15(7-12)22-10-23-16/h2-7H,8-10H2,1H3. The molecule has 6 heteroatoms. The predicted molar refractivity (Wildman–Crippen MR) is 83.8 cm³/mol. The number of fused-ring (bicyclic) bond motifs is 1. The molecule has 0 N–H and O–H groups in total. The van der Waals surface area contributed by atoms with Gasteiger partial charge < -0.3 is 18.9 Å². The molecule has 5 nitrogen and oxygen atoms in total. The van der Waals surface area contributed by atoms with Gasteiger partial charge in [-0.3, -0.25) is 0 Å². The molecule has 0 amide bonds. The molecule has 1 aliphatic rings. The fraction of sp³-hybridized carbons (Fsp3) is 0.235. The lowest BCUT2D eigenvalue weighted by Crippen LogP contribution is -2.05. The number of halogens is 1. The maximum Gasteiger partial charge on any atom is 0.338 e. The molecule has 0 unspecified atom stereocenters. The molecule has 0 aliphatic carbocycles. The lowest BCUT2D eigenvalue weighted by Gasteiger charge is -2.07. The summed E-state index contributed by atoms with van der Waals surface area (Å²) in [6.07, 6.45) is 0. The van der Waals surface area contributed by atoms with Crippen molar-refractivity contribution in [2.45, 2.75) is 13.2 Å². The van der Waals surface area contributed by atoms with E-state index >= 15 is 0 Å². The summed E-state index contributed by atoms with van der Waals surface area (Å²) < 4.78 is 20.9. The first kappa shape index (κ1) is 15.6. The zero-order valence-electron chi connectivity index (χ0n) is 12.5. The number of esters is 1. The number of rotatable bonds is 5. The molecule has 0 saturated heterocycles. The molecule has 2 aromatic carbocycles. The normalized spacial score (nSPS) is 12.3. The minimum atomic E-state index is -0.400. The summed E-state index contributed by atoms with van der Waals surface area (Å²) in [7, 11) is 1.62. The maximum absolute atomic E-state index is 12.1. The number of ether oxygens (including phenoxy) is 4. The summed E-state index contributed by atoms with van der Waals surface area (Å²) in [6.45, 7) is 0.756. The zero-order chi connectivity index (χ0) is 16.2. The summed E-state index contributed by atoms with van der Waals surface area (Å²) in [6, 6.07) is 10.5. The molecule has 0 radical (unpaired) electrons. The highest BCUT2D eigenvalue weighted by molar-refractivity contribution is 6.32. The van der Waals surface area contributed by atoms with Gasteiger partial charge in [0.15, 0.2) is 11.5 Å². The summed E-state index contributed by atoms with van der Waals surface area (Å²) in [5.41, 5.74) is 2.21. The Bertz CT molecular complexity index is 712. The van der Waals surface area contributed by atoms with Gasteiger partial charge in [-0.2, -0.15) is 0 Å². The van der Waals surface area contributed by atoms with E-state index in [1.54, 1.807) is 31.4 Å². The van der Waals surface area contributed by atoms with Crippen LogP contribution in [0.3, 0.4) is 0 Å². The van der Waals surface area contributed by atoms with E-state index in [1.807, 2.05) is 12.1 Å². The van der Waals surface area contributed by atoms with Crippen molar-refractivity contribution in [3.8, 4) is 11.5 Å². The first-order valence-electron chi connectivity index (χ1n) is 7.00. The molecule has 0 aromatic heterocycles. The number of methoxy groups -OCH3 is 1. The van der Waals surface area contributed by atoms with Gasteiger partial charge >= 0.3 is 5.97 Å². The third-order valence-electron chi connectivity index (χ3n) is 3.36. The number of carbonyl (C=O) groups is 1. The minimum Gasteiger partial charge on any atom is -0.457 e. The third kappa shape index (κ3) is 3.57. The molecular formula is C17H15ClO5. The van der Waals surface area contributed by atoms with Crippen molar-refractivity contribution in [2.24, 2.45) is 0 Å². The van der Waals surface area contributed by atoms with E-state index in [4.69, 9.17) is 30.5 Å². The van der Waals surface area contributed by atoms with Crippen molar-refractivity contribution >= 4 is 17.6 Å². The summed E-state index contributed by atoms with van der Waals surface area (Å²) in [4.78, 5) is 12.1. The van der Waals surface area contributed by atoms with Crippen molar-refractivity contribution < 1.29 is 23.7 Å². The molecule has 0 fully saturated rings. The van der Waals surface area contributed by atoms with E-state index < -0.39 is 5.97 Å². The topological polar surface area (TPSA) is 54.0 Å². The van der Waals surface area contributed by atoms with E-state index in [0.717, 1.165) is 11.1 Å². The molecule has 1 heterocycles. The molecule has 23 heavy (non-hydrogen) atoms. The fourth-order valence-electron chi connectivity index (χ4n) is 2.24. The highest BCUT2D eigenvalue weighted by Crippen LogP contribution is 2.39. The van der Waals surface area contributed by atoms with Gasteiger partial charge in [0.1, 0.15) is 6.61 Å². The Morgan fingerprint density at radius 3 is 2.65 bits per heavy atom. The van der Waals surface area contributed by atoms with Crippen LogP contribution in [-0.4, -0.2) is 19.9 Å². The van der Waals surface area contributed by atoms with Crippen molar-refractivity contribution in [2.75, 3.05) is 13.9 Å². The van der Waals surface area contributed by atoms with Crippen LogP contribution in [0.15, 0.2) is 36.4 Å². The van der Waals surface area contributed by atoms with Gasteiger partial charge in [-0.25, -0.2) is 4.79 Å².